The molecule has 0 fully saturated rings. The van der Waals surface area contributed by atoms with Crippen LogP contribution in [0.25, 0.3) is 22.3 Å². The highest BCUT2D eigenvalue weighted by Gasteiger charge is 2.08. The fraction of sp³-hybridized carbons (Fsp3) is 0.0833. The Hall–Kier alpha value is -4.06. The van der Waals surface area contributed by atoms with Crippen LogP contribution in [-0.2, 0) is 4.74 Å². The van der Waals surface area contributed by atoms with E-state index in [-0.39, 0.29) is 5.75 Å². The summed E-state index contributed by atoms with van der Waals surface area (Å²) in [5, 5.41) is 11.2. The van der Waals surface area contributed by atoms with Crippen molar-refractivity contribution in [3.63, 3.8) is 0 Å². The maximum atomic E-state index is 11.6. The largest absolute Gasteiger partial charge is 0.508 e. The highest BCUT2D eigenvalue weighted by atomic mass is 16.5. The zero-order chi connectivity index (χ0) is 21.1. The second-order valence-corrected chi connectivity index (χ2v) is 6.56. The average Bonchev–Trinajstić information content (AvgIpc) is 2.79. The molecule has 30 heavy (non-hydrogen) atoms. The van der Waals surface area contributed by atoms with Crippen molar-refractivity contribution in [1.82, 2.24) is 0 Å². The number of esters is 1. The number of fused-ring (bicyclic) bond motifs is 1. The van der Waals surface area contributed by atoms with Gasteiger partial charge >= 0.3 is 5.97 Å². The summed E-state index contributed by atoms with van der Waals surface area (Å²) in [6.45, 7) is 0. The number of aromatic hydroxyl groups is 1. The predicted molar refractivity (Wildman–Crippen MR) is 113 cm³/mol. The molecule has 1 heterocycles. The smallest absolute Gasteiger partial charge is 0.337 e. The number of phenolic OH excluding ortho intramolecular Hbond substituents is 1. The first-order chi connectivity index (χ1) is 14.6. The summed E-state index contributed by atoms with van der Waals surface area (Å²) in [6, 6.07) is 21.0. The molecule has 150 valence electrons. The fourth-order valence-corrected chi connectivity index (χ4v) is 3.08. The van der Waals surface area contributed by atoms with E-state index in [9.17, 15) is 9.90 Å². The number of benzene rings is 3. The van der Waals surface area contributed by atoms with Crippen molar-refractivity contribution in [1.29, 1.82) is 0 Å². The molecule has 0 unspecified atom stereocenters. The minimum absolute atomic E-state index is 0.118. The minimum atomic E-state index is -0.405. The molecule has 1 N–H and O–H groups in total. The number of hydrogen-bond donors (Lipinski definition) is 1. The lowest BCUT2D eigenvalue weighted by Crippen LogP contribution is -2.03. The molecule has 0 amide bonds. The van der Waals surface area contributed by atoms with E-state index >= 15 is 0 Å². The van der Waals surface area contributed by atoms with Gasteiger partial charge in [-0.3, -0.25) is 0 Å². The van der Waals surface area contributed by atoms with Crippen LogP contribution in [0.5, 0.6) is 11.5 Å². The van der Waals surface area contributed by atoms with Crippen molar-refractivity contribution in [3.8, 4) is 22.8 Å². The number of carbonyl (C=O) groups is 1. The molecule has 6 heteroatoms. The third-order valence-corrected chi connectivity index (χ3v) is 4.64. The molecule has 0 aliphatic carbocycles. The second-order valence-electron chi connectivity index (χ2n) is 6.56. The Kier molecular flexibility index (Phi) is 5.22. The maximum absolute atomic E-state index is 11.6. The van der Waals surface area contributed by atoms with E-state index in [1.54, 1.807) is 49.6 Å². The monoisotopic (exact) mass is 401 g/mol. The van der Waals surface area contributed by atoms with E-state index < -0.39 is 5.97 Å². The molecule has 0 aliphatic heterocycles. The lowest BCUT2D eigenvalue weighted by Gasteiger charge is -2.07. The van der Waals surface area contributed by atoms with E-state index in [1.807, 2.05) is 30.3 Å². The van der Waals surface area contributed by atoms with Gasteiger partial charge in [-0.25, -0.2) is 9.79 Å². The summed E-state index contributed by atoms with van der Waals surface area (Å²) in [5.41, 5.74) is 2.55. The molecular formula is C24H19NO5. The molecule has 0 bridgehead atoms. The van der Waals surface area contributed by atoms with Crippen molar-refractivity contribution in [2.24, 2.45) is 4.99 Å². The van der Waals surface area contributed by atoms with Gasteiger partial charge in [-0.15, -0.1) is 0 Å². The topological polar surface area (TPSA) is 81.3 Å². The first-order valence-corrected chi connectivity index (χ1v) is 9.22. The van der Waals surface area contributed by atoms with Crippen molar-refractivity contribution in [2.45, 2.75) is 0 Å². The Morgan fingerprint density at radius 1 is 0.933 bits per heavy atom. The van der Waals surface area contributed by atoms with Crippen LogP contribution in [-0.4, -0.2) is 25.3 Å². The normalized spacial score (nSPS) is 11.5. The second kappa shape index (κ2) is 8.13. The molecule has 0 aliphatic rings. The molecule has 4 rings (SSSR count). The quantitative estimate of drug-likeness (QED) is 0.495. The van der Waals surface area contributed by atoms with Gasteiger partial charge in [0.25, 0.3) is 0 Å². The van der Waals surface area contributed by atoms with Crippen LogP contribution in [0.15, 0.2) is 82.2 Å². The molecular weight excluding hydrogens is 382 g/mol. The Balaban J connectivity index is 1.87. The van der Waals surface area contributed by atoms with Crippen molar-refractivity contribution in [3.05, 3.63) is 83.7 Å². The molecule has 0 radical (unpaired) electrons. The SMILES string of the molecule is COC(=O)c1ccc(N=c2cc(-c3ccc(OC)cc3)oc3ccc(O)cc23)cc1. The van der Waals surface area contributed by atoms with Gasteiger partial charge in [0.1, 0.15) is 22.8 Å². The molecule has 0 atom stereocenters. The van der Waals surface area contributed by atoms with Gasteiger partial charge in [0, 0.05) is 17.0 Å². The summed E-state index contributed by atoms with van der Waals surface area (Å²) in [5.74, 6) is 1.09. The zero-order valence-corrected chi connectivity index (χ0v) is 16.5. The van der Waals surface area contributed by atoms with Crippen LogP contribution in [0.3, 0.4) is 0 Å². The molecule has 0 spiro atoms. The van der Waals surface area contributed by atoms with Gasteiger partial charge in [-0.05, 0) is 66.7 Å². The van der Waals surface area contributed by atoms with Gasteiger partial charge in [-0.2, -0.15) is 0 Å². The van der Waals surface area contributed by atoms with Gasteiger partial charge < -0.3 is 19.0 Å². The number of methoxy groups -OCH3 is 2. The highest BCUT2D eigenvalue weighted by Crippen LogP contribution is 2.26. The average molecular weight is 401 g/mol. The van der Waals surface area contributed by atoms with Crippen LogP contribution in [0.4, 0.5) is 5.69 Å². The number of phenols is 1. The van der Waals surface area contributed by atoms with Crippen LogP contribution >= 0.6 is 0 Å². The summed E-state index contributed by atoms with van der Waals surface area (Å²) in [7, 11) is 2.96. The predicted octanol–water partition coefficient (Wildman–Crippen LogP) is 4.83. The van der Waals surface area contributed by atoms with E-state index in [0.717, 1.165) is 11.3 Å². The van der Waals surface area contributed by atoms with Crippen molar-refractivity contribution in [2.75, 3.05) is 14.2 Å². The molecule has 4 aromatic rings. The number of carbonyl (C=O) groups excluding carboxylic acids is 1. The fourth-order valence-electron chi connectivity index (χ4n) is 3.08. The first kappa shape index (κ1) is 19.3. The Bertz CT molecular complexity index is 1270. The van der Waals surface area contributed by atoms with Gasteiger partial charge in [0.05, 0.1) is 30.8 Å². The summed E-state index contributed by atoms with van der Waals surface area (Å²) in [4.78, 5) is 16.3. The lowest BCUT2D eigenvalue weighted by atomic mass is 10.1. The van der Waals surface area contributed by atoms with E-state index in [4.69, 9.17) is 18.9 Å². The van der Waals surface area contributed by atoms with E-state index in [1.165, 1.54) is 7.11 Å². The summed E-state index contributed by atoms with van der Waals surface area (Å²) >= 11 is 0. The Morgan fingerprint density at radius 3 is 2.33 bits per heavy atom. The Morgan fingerprint density at radius 2 is 1.67 bits per heavy atom. The van der Waals surface area contributed by atoms with Crippen LogP contribution in [0, 0.1) is 0 Å². The zero-order valence-electron chi connectivity index (χ0n) is 16.5. The number of nitrogens with zero attached hydrogens (tertiary/aromatic N) is 1. The summed E-state index contributed by atoms with van der Waals surface area (Å²) in [6.07, 6.45) is 0. The van der Waals surface area contributed by atoms with Gasteiger partial charge in [-0.1, -0.05) is 0 Å². The Labute approximate surface area is 172 Å². The van der Waals surface area contributed by atoms with Crippen LogP contribution in [0.1, 0.15) is 10.4 Å². The van der Waals surface area contributed by atoms with E-state index in [0.29, 0.717) is 33.3 Å². The minimum Gasteiger partial charge on any atom is -0.508 e. The number of ether oxygens (including phenoxy) is 2. The number of rotatable bonds is 4. The maximum Gasteiger partial charge on any atom is 0.337 e. The highest BCUT2D eigenvalue weighted by molar-refractivity contribution is 5.89. The molecule has 3 aromatic carbocycles. The van der Waals surface area contributed by atoms with Crippen LogP contribution < -0.4 is 10.1 Å². The number of hydrogen-bond acceptors (Lipinski definition) is 6. The third-order valence-electron chi connectivity index (χ3n) is 4.64. The molecule has 1 aromatic heterocycles. The molecule has 0 saturated heterocycles. The van der Waals surface area contributed by atoms with Crippen LogP contribution in [0.2, 0.25) is 0 Å². The summed E-state index contributed by atoms with van der Waals surface area (Å²) < 4.78 is 16.0. The first-order valence-electron chi connectivity index (χ1n) is 9.22. The van der Waals surface area contributed by atoms with E-state index in [2.05, 4.69) is 0 Å². The molecule has 0 saturated carbocycles. The molecule has 6 nitrogen and oxygen atoms in total. The van der Waals surface area contributed by atoms with Gasteiger partial charge in [0.15, 0.2) is 0 Å². The third kappa shape index (κ3) is 3.89. The lowest BCUT2D eigenvalue weighted by molar-refractivity contribution is 0.0600. The van der Waals surface area contributed by atoms with Crippen molar-refractivity contribution >= 4 is 22.6 Å². The van der Waals surface area contributed by atoms with Crippen molar-refractivity contribution < 1.29 is 23.8 Å². The van der Waals surface area contributed by atoms with Gasteiger partial charge in [0.2, 0.25) is 0 Å². The standard InChI is InChI=1S/C24H19NO5/c1-28-19-10-5-15(6-11-19)23-14-21(20-13-18(26)9-12-22(20)30-23)25-17-7-3-16(4-8-17)24(27)29-2/h3-14,26H,1-2H3.